The minimum atomic E-state index is -0.268. The minimum absolute atomic E-state index is 0.214. The normalized spacial score (nSPS) is 15.6. The summed E-state index contributed by atoms with van der Waals surface area (Å²) in [6.07, 6.45) is 7.76. The quantitative estimate of drug-likeness (QED) is 0.939. The van der Waals surface area contributed by atoms with Gasteiger partial charge in [0, 0.05) is 25.0 Å². The maximum Gasteiger partial charge on any atom is 0.256 e. The fourth-order valence-corrected chi connectivity index (χ4v) is 3.49. The molecule has 0 saturated heterocycles. The van der Waals surface area contributed by atoms with Crippen molar-refractivity contribution >= 4 is 16.9 Å². The second-order valence-electron chi connectivity index (χ2n) is 6.70. The Kier molecular flexibility index (Phi) is 4.97. The number of hydrogen-bond acceptors (Lipinski definition) is 3. The van der Waals surface area contributed by atoms with Crippen LogP contribution in [0.1, 0.15) is 55.1 Å². The first kappa shape index (κ1) is 16.7. The van der Waals surface area contributed by atoms with Gasteiger partial charge in [-0.2, -0.15) is 0 Å². The third-order valence-electron chi connectivity index (χ3n) is 4.92. The lowest BCUT2D eigenvalue weighted by atomic mass is 9.89. The molecular weight excluding hydrogens is 302 g/mol. The molecule has 5 nitrogen and oxygen atoms in total. The third kappa shape index (κ3) is 3.35. The standard InChI is InChI=1S/C19H25N3O2/c1-3-22-12-16(17(23)15-10-9-13(2)21-18(15)22)19(24)20-11-14-7-5-4-6-8-14/h9-10,12,14H,3-8,11H2,1-2H3,(H,20,24). The van der Waals surface area contributed by atoms with Crippen LogP contribution in [0.2, 0.25) is 0 Å². The highest BCUT2D eigenvalue weighted by Crippen LogP contribution is 2.22. The molecule has 1 saturated carbocycles. The molecule has 0 aliphatic heterocycles. The van der Waals surface area contributed by atoms with E-state index < -0.39 is 0 Å². The summed E-state index contributed by atoms with van der Waals surface area (Å²) < 4.78 is 1.87. The van der Waals surface area contributed by atoms with Gasteiger partial charge in [0.05, 0.1) is 5.39 Å². The maximum atomic E-state index is 12.7. The number of carbonyl (C=O) groups is 1. The number of rotatable bonds is 4. The van der Waals surface area contributed by atoms with E-state index in [1.165, 1.54) is 32.1 Å². The zero-order valence-electron chi connectivity index (χ0n) is 14.5. The van der Waals surface area contributed by atoms with Crippen molar-refractivity contribution in [1.82, 2.24) is 14.9 Å². The third-order valence-corrected chi connectivity index (χ3v) is 4.92. The van der Waals surface area contributed by atoms with E-state index in [0.29, 0.717) is 30.0 Å². The van der Waals surface area contributed by atoms with Crippen molar-refractivity contribution in [3.05, 3.63) is 39.8 Å². The van der Waals surface area contributed by atoms with Gasteiger partial charge in [-0.25, -0.2) is 4.98 Å². The number of pyridine rings is 2. The second-order valence-corrected chi connectivity index (χ2v) is 6.70. The molecule has 1 aliphatic rings. The largest absolute Gasteiger partial charge is 0.352 e. The summed E-state index contributed by atoms with van der Waals surface area (Å²) in [5.74, 6) is 0.274. The molecule has 24 heavy (non-hydrogen) atoms. The number of nitrogens with zero attached hydrogens (tertiary/aromatic N) is 2. The Balaban J connectivity index is 1.88. The summed E-state index contributed by atoms with van der Waals surface area (Å²) in [7, 11) is 0. The number of fused-ring (bicyclic) bond motifs is 1. The first-order valence-corrected chi connectivity index (χ1v) is 8.89. The van der Waals surface area contributed by atoms with Crippen LogP contribution in [-0.2, 0) is 6.54 Å². The molecule has 2 heterocycles. The lowest BCUT2D eigenvalue weighted by Crippen LogP contribution is -2.34. The first-order chi connectivity index (χ1) is 11.6. The molecule has 3 rings (SSSR count). The fraction of sp³-hybridized carbons (Fsp3) is 0.526. The highest BCUT2D eigenvalue weighted by atomic mass is 16.2. The van der Waals surface area contributed by atoms with E-state index in [2.05, 4.69) is 10.3 Å². The molecule has 0 bridgehead atoms. The molecule has 1 aliphatic carbocycles. The number of carbonyl (C=O) groups excluding carboxylic acids is 1. The monoisotopic (exact) mass is 327 g/mol. The van der Waals surface area contributed by atoms with Crippen molar-refractivity contribution in [2.24, 2.45) is 5.92 Å². The summed E-state index contributed by atoms with van der Waals surface area (Å²) in [6.45, 7) is 5.21. The van der Waals surface area contributed by atoms with Crippen molar-refractivity contribution < 1.29 is 4.79 Å². The van der Waals surface area contributed by atoms with Gasteiger partial charge in [0.25, 0.3) is 5.91 Å². The lowest BCUT2D eigenvalue weighted by Gasteiger charge is -2.21. The molecule has 0 atom stereocenters. The van der Waals surface area contributed by atoms with Crippen LogP contribution in [-0.4, -0.2) is 22.0 Å². The zero-order valence-corrected chi connectivity index (χ0v) is 14.5. The van der Waals surface area contributed by atoms with E-state index in [4.69, 9.17) is 0 Å². The maximum absolute atomic E-state index is 12.7. The number of nitrogens with one attached hydrogen (secondary N) is 1. The summed E-state index contributed by atoms with van der Waals surface area (Å²) in [5, 5.41) is 3.47. The van der Waals surface area contributed by atoms with Crippen molar-refractivity contribution in [1.29, 1.82) is 0 Å². The Bertz CT molecular complexity index is 804. The van der Waals surface area contributed by atoms with Gasteiger partial charge in [-0.3, -0.25) is 9.59 Å². The summed E-state index contributed by atoms with van der Waals surface area (Å²) in [6, 6.07) is 3.58. The highest BCUT2D eigenvalue weighted by molar-refractivity contribution is 5.96. The van der Waals surface area contributed by atoms with Gasteiger partial charge < -0.3 is 9.88 Å². The average molecular weight is 327 g/mol. The topological polar surface area (TPSA) is 64.0 Å². The fourth-order valence-electron chi connectivity index (χ4n) is 3.49. The Hall–Kier alpha value is -2.17. The van der Waals surface area contributed by atoms with E-state index in [1.807, 2.05) is 24.5 Å². The van der Waals surface area contributed by atoms with Crippen LogP contribution in [0, 0.1) is 12.8 Å². The molecule has 2 aromatic heterocycles. The average Bonchev–Trinajstić information content (AvgIpc) is 2.61. The van der Waals surface area contributed by atoms with Crippen LogP contribution in [0.25, 0.3) is 11.0 Å². The van der Waals surface area contributed by atoms with E-state index in [1.54, 1.807) is 12.3 Å². The van der Waals surface area contributed by atoms with Crippen molar-refractivity contribution in [2.45, 2.75) is 52.5 Å². The van der Waals surface area contributed by atoms with Crippen LogP contribution in [0.5, 0.6) is 0 Å². The van der Waals surface area contributed by atoms with Gasteiger partial charge in [-0.15, -0.1) is 0 Å². The number of aryl methyl sites for hydroxylation is 2. The molecule has 0 spiro atoms. The first-order valence-electron chi connectivity index (χ1n) is 8.89. The van der Waals surface area contributed by atoms with Crippen LogP contribution >= 0.6 is 0 Å². The van der Waals surface area contributed by atoms with E-state index in [0.717, 1.165) is 5.69 Å². The van der Waals surface area contributed by atoms with Crippen molar-refractivity contribution in [3.63, 3.8) is 0 Å². The molecular formula is C19H25N3O2. The molecule has 0 unspecified atom stereocenters. The van der Waals surface area contributed by atoms with Crippen LogP contribution in [0.4, 0.5) is 0 Å². The Morgan fingerprint density at radius 2 is 2.04 bits per heavy atom. The Morgan fingerprint density at radius 3 is 2.75 bits per heavy atom. The molecule has 1 N–H and O–H groups in total. The lowest BCUT2D eigenvalue weighted by molar-refractivity contribution is 0.0942. The molecule has 2 aromatic rings. The van der Waals surface area contributed by atoms with Crippen LogP contribution in [0.3, 0.4) is 0 Å². The van der Waals surface area contributed by atoms with E-state index in [9.17, 15) is 9.59 Å². The van der Waals surface area contributed by atoms with E-state index in [-0.39, 0.29) is 16.9 Å². The van der Waals surface area contributed by atoms with Gasteiger partial charge in [-0.05, 0) is 44.7 Å². The smallest absolute Gasteiger partial charge is 0.256 e. The number of hydrogen-bond donors (Lipinski definition) is 1. The minimum Gasteiger partial charge on any atom is -0.352 e. The number of amides is 1. The van der Waals surface area contributed by atoms with Gasteiger partial charge in [0.15, 0.2) is 0 Å². The number of aromatic nitrogens is 2. The summed E-state index contributed by atoms with van der Waals surface area (Å²) in [5.41, 5.74) is 1.49. The van der Waals surface area contributed by atoms with E-state index >= 15 is 0 Å². The molecule has 0 radical (unpaired) electrons. The highest BCUT2D eigenvalue weighted by Gasteiger charge is 2.18. The Morgan fingerprint density at radius 1 is 1.29 bits per heavy atom. The predicted octanol–water partition coefficient (Wildman–Crippen LogP) is 3.03. The molecule has 1 fully saturated rings. The SMILES string of the molecule is CCn1cc(C(=O)NCC2CCCCC2)c(=O)c2ccc(C)nc21. The van der Waals surface area contributed by atoms with Crippen LogP contribution in [0.15, 0.2) is 23.1 Å². The molecule has 1 amide bonds. The molecule has 0 aromatic carbocycles. The summed E-state index contributed by atoms with van der Waals surface area (Å²) >= 11 is 0. The van der Waals surface area contributed by atoms with Gasteiger partial charge in [0.2, 0.25) is 5.43 Å². The Labute approximate surface area is 142 Å². The van der Waals surface area contributed by atoms with Gasteiger partial charge in [0.1, 0.15) is 11.2 Å². The van der Waals surface area contributed by atoms with Crippen molar-refractivity contribution in [3.8, 4) is 0 Å². The predicted molar refractivity (Wildman–Crippen MR) is 95.3 cm³/mol. The van der Waals surface area contributed by atoms with Crippen LogP contribution < -0.4 is 10.7 Å². The van der Waals surface area contributed by atoms with Gasteiger partial charge in [-0.1, -0.05) is 19.3 Å². The zero-order chi connectivity index (χ0) is 17.1. The second kappa shape index (κ2) is 7.16. The summed E-state index contributed by atoms with van der Waals surface area (Å²) in [4.78, 5) is 29.7. The molecule has 5 heteroatoms. The van der Waals surface area contributed by atoms with Gasteiger partial charge >= 0.3 is 0 Å². The van der Waals surface area contributed by atoms with Crippen molar-refractivity contribution in [2.75, 3.05) is 6.54 Å². The molecule has 128 valence electrons.